The third-order valence-corrected chi connectivity index (χ3v) is 7.08. The highest BCUT2D eigenvalue weighted by molar-refractivity contribution is 7.89. The van der Waals surface area contributed by atoms with Crippen molar-refractivity contribution < 1.29 is 27.8 Å². The van der Waals surface area contributed by atoms with Crippen LogP contribution in [0.3, 0.4) is 0 Å². The van der Waals surface area contributed by atoms with Crippen LogP contribution in [0, 0.1) is 0 Å². The number of methoxy groups -OCH3 is 2. The van der Waals surface area contributed by atoms with E-state index in [1.807, 2.05) is 0 Å². The third-order valence-electron chi connectivity index (χ3n) is 5.03. The molecule has 0 atom stereocenters. The fourth-order valence-electron chi connectivity index (χ4n) is 3.40. The van der Waals surface area contributed by atoms with Crippen molar-refractivity contribution >= 4 is 26.9 Å². The van der Waals surface area contributed by atoms with E-state index in [4.69, 9.17) is 9.47 Å². The fourth-order valence-corrected chi connectivity index (χ4v) is 4.88. The monoisotopic (exact) mass is 444 g/mol. The summed E-state index contributed by atoms with van der Waals surface area (Å²) in [4.78, 5) is 16.6. The van der Waals surface area contributed by atoms with Crippen molar-refractivity contribution in [2.75, 3.05) is 27.3 Å². The van der Waals surface area contributed by atoms with Gasteiger partial charge in [0.05, 0.1) is 35.9 Å². The molecule has 9 heteroatoms. The van der Waals surface area contributed by atoms with Gasteiger partial charge in [-0.2, -0.15) is 4.31 Å². The van der Waals surface area contributed by atoms with E-state index in [1.54, 1.807) is 32.0 Å². The van der Waals surface area contributed by atoms with E-state index >= 15 is 0 Å². The first-order valence-corrected chi connectivity index (χ1v) is 11.1. The molecule has 0 aliphatic heterocycles. The summed E-state index contributed by atoms with van der Waals surface area (Å²) in [6.45, 7) is 4.14. The minimum Gasteiger partial charge on any atom is -0.493 e. The quantitative estimate of drug-likeness (QED) is 0.565. The molecule has 3 aromatic rings. The van der Waals surface area contributed by atoms with E-state index in [0.29, 0.717) is 41.4 Å². The Labute approximate surface area is 181 Å². The number of aromatic carboxylic acids is 1. The number of benzene rings is 2. The van der Waals surface area contributed by atoms with Crippen molar-refractivity contribution in [1.29, 1.82) is 0 Å². The molecule has 31 heavy (non-hydrogen) atoms. The number of aromatic nitrogens is 1. The Morgan fingerprint density at radius 3 is 2.26 bits per heavy atom. The number of carbonyl (C=O) groups is 1. The van der Waals surface area contributed by atoms with Gasteiger partial charge in [0.15, 0.2) is 11.5 Å². The summed E-state index contributed by atoms with van der Waals surface area (Å²) in [5.41, 5.74) is 1.40. The number of carboxylic acid groups (broad SMARTS) is 1. The van der Waals surface area contributed by atoms with Crippen LogP contribution in [0.1, 0.15) is 24.2 Å². The molecule has 0 unspecified atom stereocenters. The number of nitrogens with zero attached hydrogens (tertiary/aromatic N) is 2. The van der Waals surface area contributed by atoms with Crippen LogP contribution < -0.4 is 9.47 Å². The zero-order chi connectivity index (χ0) is 22.8. The number of fused-ring (bicyclic) bond motifs is 1. The molecule has 0 aliphatic carbocycles. The Morgan fingerprint density at radius 2 is 1.68 bits per heavy atom. The molecule has 0 saturated heterocycles. The van der Waals surface area contributed by atoms with Gasteiger partial charge >= 0.3 is 5.97 Å². The van der Waals surface area contributed by atoms with Crippen molar-refractivity contribution in [2.24, 2.45) is 0 Å². The smallest absolute Gasteiger partial charge is 0.336 e. The zero-order valence-electron chi connectivity index (χ0n) is 17.7. The van der Waals surface area contributed by atoms with Crippen LogP contribution in [0.25, 0.3) is 22.2 Å². The minimum atomic E-state index is -3.73. The van der Waals surface area contributed by atoms with Gasteiger partial charge in [-0.05, 0) is 42.5 Å². The van der Waals surface area contributed by atoms with E-state index in [2.05, 4.69) is 4.98 Å². The number of hydrogen-bond donors (Lipinski definition) is 1. The highest BCUT2D eigenvalue weighted by Gasteiger charge is 2.23. The predicted molar refractivity (Wildman–Crippen MR) is 117 cm³/mol. The first-order chi connectivity index (χ1) is 14.8. The standard InChI is InChI=1S/C22H24N2O6S/c1-5-24(6-2)31(27,28)15-8-9-18-16(12-15)17(22(25)26)13-19(23-18)14-7-10-20(29-3)21(11-14)30-4/h7-13H,5-6H2,1-4H3,(H,25,26). The van der Waals surface area contributed by atoms with Gasteiger partial charge in [0.2, 0.25) is 10.0 Å². The van der Waals surface area contributed by atoms with Crippen LogP contribution in [-0.2, 0) is 10.0 Å². The summed E-state index contributed by atoms with van der Waals surface area (Å²) in [5, 5.41) is 10.1. The van der Waals surface area contributed by atoms with Crippen LogP contribution in [0.2, 0.25) is 0 Å². The Bertz CT molecular complexity index is 1240. The van der Waals surface area contributed by atoms with E-state index < -0.39 is 16.0 Å². The molecule has 0 saturated carbocycles. The second kappa shape index (κ2) is 8.91. The van der Waals surface area contributed by atoms with Gasteiger partial charge in [-0.3, -0.25) is 0 Å². The van der Waals surface area contributed by atoms with E-state index in [1.165, 1.54) is 42.8 Å². The van der Waals surface area contributed by atoms with Crippen molar-refractivity contribution in [3.8, 4) is 22.8 Å². The SMILES string of the molecule is CCN(CC)S(=O)(=O)c1ccc2nc(-c3ccc(OC)c(OC)c3)cc(C(=O)O)c2c1. The van der Waals surface area contributed by atoms with Gasteiger partial charge in [-0.1, -0.05) is 13.8 Å². The molecule has 164 valence electrons. The van der Waals surface area contributed by atoms with E-state index in [9.17, 15) is 18.3 Å². The maximum absolute atomic E-state index is 12.9. The highest BCUT2D eigenvalue weighted by Crippen LogP contribution is 2.33. The highest BCUT2D eigenvalue weighted by atomic mass is 32.2. The molecule has 1 aromatic heterocycles. The van der Waals surface area contributed by atoms with Crippen LogP contribution in [0.5, 0.6) is 11.5 Å². The first kappa shape index (κ1) is 22.5. The number of sulfonamides is 1. The lowest BCUT2D eigenvalue weighted by Crippen LogP contribution is -2.30. The van der Waals surface area contributed by atoms with Crippen LogP contribution >= 0.6 is 0 Å². The number of hydrogen-bond acceptors (Lipinski definition) is 6. The summed E-state index contributed by atoms with van der Waals surface area (Å²) in [5.74, 6) is -0.150. The second-order valence-corrected chi connectivity index (χ2v) is 8.64. The molecular formula is C22H24N2O6S. The molecule has 1 N–H and O–H groups in total. The Morgan fingerprint density at radius 1 is 1.00 bits per heavy atom. The maximum Gasteiger partial charge on any atom is 0.336 e. The van der Waals surface area contributed by atoms with E-state index in [-0.39, 0.29) is 15.8 Å². The van der Waals surface area contributed by atoms with Gasteiger partial charge in [0.1, 0.15) is 0 Å². The lowest BCUT2D eigenvalue weighted by atomic mass is 10.0. The van der Waals surface area contributed by atoms with Crippen LogP contribution in [-0.4, -0.2) is 56.1 Å². The predicted octanol–water partition coefficient (Wildman–Crippen LogP) is 3.65. The average Bonchev–Trinajstić information content (AvgIpc) is 2.77. The van der Waals surface area contributed by atoms with Crippen molar-refractivity contribution in [3.63, 3.8) is 0 Å². The number of carboxylic acids is 1. The molecule has 0 fully saturated rings. The van der Waals surface area contributed by atoms with Crippen LogP contribution in [0.4, 0.5) is 0 Å². The molecule has 2 aromatic carbocycles. The summed E-state index contributed by atoms with van der Waals surface area (Å²) in [7, 11) is -0.696. The summed E-state index contributed by atoms with van der Waals surface area (Å²) in [6, 6.07) is 10.9. The normalized spacial score (nSPS) is 11.6. The fraction of sp³-hybridized carbons (Fsp3) is 0.273. The molecule has 0 spiro atoms. The average molecular weight is 445 g/mol. The lowest BCUT2D eigenvalue weighted by molar-refractivity contribution is 0.0699. The summed E-state index contributed by atoms with van der Waals surface area (Å²) >= 11 is 0. The van der Waals surface area contributed by atoms with Gasteiger partial charge in [0, 0.05) is 24.0 Å². The maximum atomic E-state index is 12.9. The molecule has 0 radical (unpaired) electrons. The molecule has 0 amide bonds. The Balaban J connectivity index is 2.21. The third kappa shape index (κ3) is 4.19. The largest absolute Gasteiger partial charge is 0.493 e. The van der Waals surface area contributed by atoms with Crippen molar-refractivity contribution in [1.82, 2.24) is 9.29 Å². The van der Waals surface area contributed by atoms with Gasteiger partial charge in [-0.25, -0.2) is 18.2 Å². The van der Waals surface area contributed by atoms with Gasteiger partial charge < -0.3 is 14.6 Å². The second-order valence-electron chi connectivity index (χ2n) is 6.70. The number of rotatable bonds is 8. The zero-order valence-corrected chi connectivity index (χ0v) is 18.6. The Kier molecular flexibility index (Phi) is 6.47. The topological polar surface area (TPSA) is 106 Å². The molecule has 0 bridgehead atoms. The van der Waals surface area contributed by atoms with Crippen LogP contribution in [0.15, 0.2) is 47.4 Å². The molecule has 3 rings (SSSR count). The molecule has 0 aliphatic rings. The molecule has 8 nitrogen and oxygen atoms in total. The lowest BCUT2D eigenvalue weighted by Gasteiger charge is -2.19. The molecule has 1 heterocycles. The minimum absolute atomic E-state index is 0.0341. The Hall–Kier alpha value is -3.17. The van der Waals surface area contributed by atoms with Gasteiger partial charge in [-0.15, -0.1) is 0 Å². The first-order valence-electron chi connectivity index (χ1n) is 9.67. The van der Waals surface area contributed by atoms with E-state index in [0.717, 1.165) is 0 Å². The number of ether oxygens (including phenoxy) is 2. The summed E-state index contributed by atoms with van der Waals surface area (Å²) in [6.07, 6.45) is 0. The van der Waals surface area contributed by atoms with Gasteiger partial charge in [0.25, 0.3) is 0 Å². The summed E-state index contributed by atoms with van der Waals surface area (Å²) < 4.78 is 37.6. The molecular weight excluding hydrogens is 420 g/mol. The van der Waals surface area contributed by atoms with Crippen molar-refractivity contribution in [2.45, 2.75) is 18.7 Å². The number of pyridine rings is 1. The van der Waals surface area contributed by atoms with Crippen molar-refractivity contribution in [3.05, 3.63) is 48.0 Å².